The van der Waals surface area contributed by atoms with Crippen LogP contribution in [0.1, 0.15) is 12.5 Å². The van der Waals surface area contributed by atoms with Crippen molar-refractivity contribution < 1.29 is 14.0 Å². The third-order valence-electron chi connectivity index (χ3n) is 2.89. The molecule has 0 aliphatic carbocycles. The summed E-state index contributed by atoms with van der Waals surface area (Å²) in [7, 11) is 0. The minimum atomic E-state index is -1.78. The molecule has 3 nitrogen and oxygen atoms in total. The molecule has 0 unspecified atom stereocenters. The van der Waals surface area contributed by atoms with Gasteiger partial charge in [-0.05, 0) is 24.1 Å². The van der Waals surface area contributed by atoms with Crippen LogP contribution in [-0.2, 0) is 4.79 Å². The summed E-state index contributed by atoms with van der Waals surface area (Å²) in [6.07, 6.45) is -0.517. The summed E-state index contributed by atoms with van der Waals surface area (Å²) >= 11 is 1.05. The van der Waals surface area contributed by atoms with E-state index in [0.717, 1.165) is 22.2 Å². The fourth-order valence-electron chi connectivity index (χ4n) is 1.83. The Morgan fingerprint density at radius 3 is 2.68 bits per heavy atom. The number of nitrogens with zero attached hydrogens (tertiary/aromatic N) is 1. The van der Waals surface area contributed by atoms with E-state index in [2.05, 4.69) is 0 Å². The van der Waals surface area contributed by atoms with Crippen LogP contribution >= 0.6 is 11.8 Å². The smallest absolute Gasteiger partial charge is 0.271 e. The third kappa shape index (κ3) is 3.23. The topological polar surface area (TPSA) is 37.4 Å². The first-order chi connectivity index (χ1) is 9.09. The van der Waals surface area contributed by atoms with Crippen molar-refractivity contribution in [2.45, 2.75) is 13.1 Å². The van der Waals surface area contributed by atoms with Gasteiger partial charge in [0.15, 0.2) is 6.17 Å². The SMILES string of the molecule is C/C(=C\[C@@H](F)C(=O)N1CCSC1=O)c1ccccc1. The molecule has 1 heterocycles. The van der Waals surface area contributed by atoms with E-state index in [0.29, 0.717) is 17.9 Å². The van der Waals surface area contributed by atoms with Crippen molar-refractivity contribution in [3.05, 3.63) is 42.0 Å². The molecule has 1 aliphatic heterocycles. The maximum atomic E-state index is 13.9. The van der Waals surface area contributed by atoms with Gasteiger partial charge in [0.2, 0.25) is 0 Å². The van der Waals surface area contributed by atoms with Crippen molar-refractivity contribution in [1.82, 2.24) is 4.90 Å². The second kappa shape index (κ2) is 6.02. The van der Waals surface area contributed by atoms with E-state index in [1.807, 2.05) is 30.3 Å². The zero-order chi connectivity index (χ0) is 13.8. The lowest BCUT2D eigenvalue weighted by Crippen LogP contribution is -2.36. The van der Waals surface area contributed by atoms with Crippen molar-refractivity contribution in [2.75, 3.05) is 12.3 Å². The Kier molecular flexibility index (Phi) is 4.37. The number of thioether (sulfide) groups is 1. The molecule has 1 aromatic rings. The predicted molar refractivity (Wildman–Crippen MR) is 74.6 cm³/mol. The van der Waals surface area contributed by atoms with Gasteiger partial charge in [-0.15, -0.1) is 0 Å². The molecule has 100 valence electrons. The molecule has 0 saturated carbocycles. The lowest BCUT2D eigenvalue weighted by Gasteiger charge is -2.14. The van der Waals surface area contributed by atoms with Crippen molar-refractivity contribution in [1.29, 1.82) is 0 Å². The Labute approximate surface area is 115 Å². The second-order valence-electron chi connectivity index (χ2n) is 4.22. The van der Waals surface area contributed by atoms with Crippen LogP contribution in [0, 0.1) is 0 Å². The molecule has 0 radical (unpaired) electrons. The Balaban J connectivity index is 2.10. The van der Waals surface area contributed by atoms with E-state index in [4.69, 9.17) is 0 Å². The first-order valence-electron chi connectivity index (χ1n) is 5.95. The molecular weight excluding hydrogens is 265 g/mol. The molecule has 1 atom stereocenters. The van der Waals surface area contributed by atoms with E-state index >= 15 is 0 Å². The van der Waals surface area contributed by atoms with Gasteiger partial charge in [0.05, 0.1) is 0 Å². The minimum absolute atomic E-state index is 0.293. The molecule has 0 bridgehead atoms. The van der Waals surface area contributed by atoms with Gasteiger partial charge in [-0.3, -0.25) is 14.5 Å². The minimum Gasteiger partial charge on any atom is -0.271 e. The molecule has 19 heavy (non-hydrogen) atoms. The van der Waals surface area contributed by atoms with E-state index in [9.17, 15) is 14.0 Å². The van der Waals surface area contributed by atoms with Crippen LogP contribution < -0.4 is 0 Å². The maximum Gasteiger partial charge on any atom is 0.288 e. The number of halogens is 1. The van der Waals surface area contributed by atoms with Gasteiger partial charge in [0, 0.05) is 12.3 Å². The molecule has 5 heteroatoms. The van der Waals surface area contributed by atoms with Crippen LogP contribution in [0.2, 0.25) is 0 Å². The fraction of sp³-hybridized carbons (Fsp3) is 0.286. The van der Waals surface area contributed by atoms with Gasteiger partial charge in [0.1, 0.15) is 0 Å². The average Bonchev–Trinajstić information content (AvgIpc) is 2.85. The van der Waals surface area contributed by atoms with Crippen LogP contribution in [0.3, 0.4) is 0 Å². The highest BCUT2D eigenvalue weighted by atomic mass is 32.2. The first kappa shape index (κ1) is 13.8. The number of carbonyl (C=O) groups is 2. The molecule has 1 aliphatic rings. The number of imide groups is 1. The van der Waals surface area contributed by atoms with Crippen molar-refractivity contribution >= 4 is 28.5 Å². The van der Waals surface area contributed by atoms with Crippen LogP contribution in [0.25, 0.3) is 5.57 Å². The third-order valence-corrected chi connectivity index (χ3v) is 3.74. The molecule has 0 aromatic heterocycles. The normalized spacial score (nSPS) is 17.7. The first-order valence-corrected chi connectivity index (χ1v) is 6.94. The highest BCUT2D eigenvalue weighted by Crippen LogP contribution is 2.21. The van der Waals surface area contributed by atoms with Gasteiger partial charge in [-0.25, -0.2) is 4.39 Å². The van der Waals surface area contributed by atoms with Gasteiger partial charge in [0.25, 0.3) is 11.1 Å². The van der Waals surface area contributed by atoms with Gasteiger partial charge in [-0.2, -0.15) is 0 Å². The zero-order valence-corrected chi connectivity index (χ0v) is 11.3. The monoisotopic (exact) mass is 279 g/mol. The summed E-state index contributed by atoms with van der Waals surface area (Å²) in [5.41, 5.74) is 1.54. The molecule has 2 rings (SSSR count). The van der Waals surface area contributed by atoms with Gasteiger partial charge < -0.3 is 0 Å². The number of allylic oxidation sites excluding steroid dienone is 1. The van der Waals surface area contributed by atoms with Gasteiger partial charge >= 0.3 is 0 Å². The number of carbonyl (C=O) groups excluding carboxylic acids is 2. The number of benzene rings is 1. The lowest BCUT2D eigenvalue weighted by atomic mass is 10.1. The predicted octanol–water partition coefficient (Wildman–Crippen LogP) is 3.12. The number of rotatable bonds is 3. The average molecular weight is 279 g/mol. The molecule has 0 N–H and O–H groups in total. The summed E-state index contributed by atoms with van der Waals surface area (Å²) < 4.78 is 13.9. The summed E-state index contributed by atoms with van der Waals surface area (Å²) in [5.74, 6) is -0.233. The van der Waals surface area contributed by atoms with Crippen LogP contribution in [0.5, 0.6) is 0 Å². The van der Waals surface area contributed by atoms with E-state index in [1.54, 1.807) is 6.92 Å². The molecule has 2 amide bonds. The Hall–Kier alpha value is -1.62. The zero-order valence-electron chi connectivity index (χ0n) is 10.5. The number of amides is 2. The molecule has 1 aromatic carbocycles. The highest BCUT2D eigenvalue weighted by molar-refractivity contribution is 8.13. The quantitative estimate of drug-likeness (QED) is 0.853. The number of alkyl halides is 1. The Morgan fingerprint density at radius 1 is 1.42 bits per heavy atom. The molecule has 0 spiro atoms. The van der Waals surface area contributed by atoms with E-state index < -0.39 is 12.1 Å². The van der Waals surface area contributed by atoms with Crippen LogP contribution in [-0.4, -0.2) is 34.5 Å². The Morgan fingerprint density at radius 2 is 2.11 bits per heavy atom. The number of hydrogen-bond donors (Lipinski definition) is 0. The van der Waals surface area contributed by atoms with Crippen molar-refractivity contribution in [3.63, 3.8) is 0 Å². The highest BCUT2D eigenvalue weighted by Gasteiger charge is 2.31. The fourth-order valence-corrected chi connectivity index (χ4v) is 2.62. The van der Waals surface area contributed by atoms with Crippen molar-refractivity contribution in [2.24, 2.45) is 0 Å². The second-order valence-corrected chi connectivity index (χ2v) is 5.27. The van der Waals surface area contributed by atoms with Crippen LogP contribution in [0.4, 0.5) is 9.18 Å². The summed E-state index contributed by atoms with van der Waals surface area (Å²) in [5, 5.41) is -0.363. The summed E-state index contributed by atoms with van der Waals surface area (Å²) in [6, 6.07) is 9.26. The molecule has 1 fully saturated rings. The lowest BCUT2D eigenvalue weighted by molar-refractivity contribution is -0.131. The summed E-state index contributed by atoms with van der Waals surface area (Å²) in [6.45, 7) is 2.04. The van der Waals surface area contributed by atoms with Gasteiger partial charge in [-0.1, -0.05) is 42.1 Å². The molecule has 1 saturated heterocycles. The van der Waals surface area contributed by atoms with Crippen LogP contribution in [0.15, 0.2) is 36.4 Å². The standard InChI is InChI=1S/C14H14FNO2S/c1-10(11-5-3-2-4-6-11)9-12(15)13(17)16-7-8-19-14(16)18/h2-6,9,12H,7-8H2,1H3/b10-9+/t12-/m1/s1. The molecular formula is C14H14FNO2S. The van der Waals surface area contributed by atoms with E-state index in [-0.39, 0.29) is 5.24 Å². The van der Waals surface area contributed by atoms with Crippen molar-refractivity contribution in [3.8, 4) is 0 Å². The summed E-state index contributed by atoms with van der Waals surface area (Å²) in [4.78, 5) is 24.1. The number of hydrogen-bond acceptors (Lipinski definition) is 3. The van der Waals surface area contributed by atoms with E-state index in [1.165, 1.54) is 6.08 Å². The Bertz CT molecular complexity index is 515. The largest absolute Gasteiger partial charge is 0.288 e. The maximum absolute atomic E-state index is 13.9.